The number of hydrogen-bond donors (Lipinski definition) is 4. The van der Waals surface area contributed by atoms with Gasteiger partial charge >= 0.3 is 6.03 Å². The van der Waals surface area contributed by atoms with Crippen molar-refractivity contribution >= 4 is 17.6 Å². The number of carbonyl (C=O) groups is 2. The molecule has 3 saturated heterocycles. The van der Waals surface area contributed by atoms with Crippen LogP contribution in [0.5, 0.6) is 0 Å². The number of aliphatic hydroxyl groups is 1. The first-order valence-corrected chi connectivity index (χ1v) is 18.0. The predicted octanol–water partition coefficient (Wildman–Crippen LogP) is 5.64. The van der Waals surface area contributed by atoms with Crippen molar-refractivity contribution in [3.8, 4) is 11.1 Å². The van der Waals surface area contributed by atoms with Gasteiger partial charge in [-0.3, -0.25) is 4.79 Å². The molecule has 3 unspecified atom stereocenters. The average Bonchev–Trinajstić information content (AvgIpc) is 3.49. The van der Waals surface area contributed by atoms with Gasteiger partial charge in [0.25, 0.3) is 0 Å². The van der Waals surface area contributed by atoms with E-state index in [1.165, 1.54) is 0 Å². The standard InChI is InChI=1S/C41H47N5O5/c1-2-42-40(49)43-25-30-7-6-8-34(23-30)31-15-17-33(18-16-31)38-50-36(24-37(51-38)32-13-11-29(27-47)12-14-32)26-45-21-19-41(20-22-45)39(48)44-28-46(41)35-9-4-3-5-10-35/h3-18,23,36-38,47H,2,19-22,24-28H2,1H3,(H,44,48)(H2,42,43,49). The third-order valence-electron chi connectivity index (χ3n) is 10.4. The molecule has 0 saturated carbocycles. The molecule has 7 rings (SSSR count). The largest absolute Gasteiger partial charge is 0.392 e. The molecular weight excluding hydrogens is 642 g/mol. The molecule has 3 aliphatic heterocycles. The number of piperidine rings is 1. The SMILES string of the molecule is CCNC(=O)NCc1cccc(-c2ccc(C3OC(CN4CCC5(CC4)C(=O)NCN5c4ccccc4)CC(c4ccc(CO)cc4)O3)cc2)c1. The van der Waals surface area contributed by atoms with Gasteiger partial charge in [0.15, 0.2) is 6.29 Å². The number of para-hydroxylation sites is 1. The number of hydrogen-bond acceptors (Lipinski definition) is 7. The summed E-state index contributed by atoms with van der Waals surface area (Å²) in [5.41, 5.74) is 6.53. The highest BCUT2D eigenvalue weighted by atomic mass is 16.7. The van der Waals surface area contributed by atoms with Crippen LogP contribution < -0.4 is 20.9 Å². The Hall–Kier alpha value is -4.74. The minimum atomic E-state index is -0.557. The summed E-state index contributed by atoms with van der Waals surface area (Å²) < 4.78 is 13.3. The maximum Gasteiger partial charge on any atom is 0.315 e. The van der Waals surface area contributed by atoms with Crippen LogP contribution >= 0.6 is 0 Å². The summed E-state index contributed by atoms with van der Waals surface area (Å²) in [7, 11) is 0. The summed E-state index contributed by atoms with van der Waals surface area (Å²) in [5.74, 6) is 0.117. The Morgan fingerprint density at radius 2 is 1.61 bits per heavy atom. The van der Waals surface area contributed by atoms with Gasteiger partial charge < -0.3 is 40.3 Å². The summed E-state index contributed by atoms with van der Waals surface area (Å²) in [4.78, 5) is 29.8. The van der Waals surface area contributed by atoms with Gasteiger partial charge in [-0.15, -0.1) is 0 Å². The van der Waals surface area contributed by atoms with Gasteiger partial charge in [-0.05, 0) is 65.8 Å². The monoisotopic (exact) mass is 689 g/mol. The maximum absolute atomic E-state index is 13.2. The normalized spacial score (nSPS) is 21.7. The van der Waals surface area contributed by atoms with Crippen LogP contribution in [0.15, 0.2) is 103 Å². The lowest BCUT2D eigenvalue weighted by molar-refractivity contribution is -0.253. The Morgan fingerprint density at radius 3 is 2.33 bits per heavy atom. The molecule has 3 amide bonds. The Kier molecular flexibility index (Phi) is 10.6. The smallest absolute Gasteiger partial charge is 0.315 e. The van der Waals surface area contributed by atoms with Gasteiger partial charge in [0, 0.05) is 50.4 Å². The number of aliphatic hydroxyl groups excluding tert-OH is 1. The maximum atomic E-state index is 13.2. The van der Waals surface area contributed by atoms with Gasteiger partial charge in [-0.25, -0.2) is 4.79 Å². The van der Waals surface area contributed by atoms with Crippen molar-refractivity contribution in [2.45, 2.75) is 63.4 Å². The number of urea groups is 1. The number of likely N-dealkylation sites (tertiary alicyclic amines) is 1. The fourth-order valence-electron chi connectivity index (χ4n) is 7.56. The first kappa shape index (κ1) is 34.7. The molecule has 0 aliphatic carbocycles. The topological polar surface area (TPSA) is 115 Å². The molecule has 4 aromatic rings. The quantitative estimate of drug-likeness (QED) is 0.171. The minimum absolute atomic E-state index is 0.00367. The van der Waals surface area contributed by atoms with E-state index in [0.29, 0.717) is 26.2 Å². The second kappa shape index (κ2) is 15.7. The fourth-order valence-corrected chi connectivity index (χ4v) is 7.56. The van der Waals surface area contributed by atoms with Crippen molar-refractivity contribution in [3.05, 3.63) is 125 Å². The van der Waals surface area contributed by atoms with Crippen LogP contribution in [0.4, 0.5) is 10.5 Å². The van der Waals surface area contributed by atoms with Gasteiger partial charge in [0.05, 0.1) is 25.5 Å². The molecule has 4 N–H and O–H groups in total. The van der Waals surface area contributed by atoms with Crippen LogP contribution in [0.25, 0.3) is 11.1 Å². The van der Waals surface area contributed by atoms with Crippen molar-refractivity contribution in [1.29, 1.82) is 0 Å². The first-order valence-electron chi connectivity index (χ1n) is 18.0. The molecule has 0 aromatic heterocycles. The highest BCUT2D eigenvalue weighted by molar-refractivity contribution is 5.93. The molecule has 10 heteroatoms. The summed E-state index contributed by atoms with van der Waals surface area (Å²) in [6.07, 6.45) is 1.37. The average molecular weight is 690 g/mol. The number of nitrogens with zero attached hydrogens (tertiary/aromatic N) is 2. The van der Waals surface area contributed by atoms with Crippen molar-refractivity contribution < 1.29 is 24.2 Å². The lowest BCUT2D eigenvalue weighted by Gasteiger charge is -2.45. The second-order valence-corrected chi connectivity index (χ2v) is 13.6. The molecule has 51 heavy (non-hydrogen) atoms. The number of ether oxygens (including phenoxy) is 2. The summed E-state index contributed by atoms with van der Waals surface area (Å²) in [6.45, 7) is 5.78. The van der Waals surface area contributed by atoms with E-state index in [1.807, 2.05) is 61.5 Å². The molecule has 1 spiro atoms. The van der Waals surface area contributed by atoms with Crippen LogP contribution in [0, 0.1) is 0 Å². The third-order valence-corrected chi connectivity index (χ3v) is 10.4. The van der Waals surface area contributed by atoms with Crippen molar-refractivity contribution in [2.75, 3.05) is 37.7 Å². The number of rotatable bonds is 10. The second-order valence-electron chi connectivity index (χ2n) is 13.6. The lowest BCUT2D eigenvalue weighted by atomic mass is 9.85. The number of nitrogens with one attached hydrogen (secondary N) is 3. The predicted molar refractivity (Wildman–Crippen MR) is 197 cm³/mol. The molecule has 3 aliphatic rings. The molecule has 266 valence electrons. The molecule has 10 nitrogen and oxygen atoms in total. The Balaban J connectivity index is 1.05. The van der Waals surface area contributed by atoms with E-state index in [2.05, 4.69) is 74.3 Å². The summed E-state index contributed by atoms with van der Waals surface area (Å²) >= 11 is 0. The summed E-state index contributed by atoms with van der Waals surface area (Å²) in [6, 6.07) is 34.5. The molecular formula is C41H47N5O5. The van der Waals surface area contributed by atoms with Crippen molar-refractivity contribution in [1.82, 2.24) is 20.9 Å². The zero-order valence-electron chi connectivity index (χ0n) is 29.1. The molecule has 4 aromatic carbocycles. The third kappa shape index (κ3) is 7.79. The van der Waals surface area contributed by atoms with Gasteiger partial charge in [0.2, 0.25) is 5.91 Å². The number of carbonyl (C=O) groups excluding carboxylic acids is 2. The highest BCUT2D eigenvalue weighted by Gasteiger charge is 2.50. The van der Waals surface area contributed by atoms with E-state index in [0.717, 1.165) is 71.5 Å². The van der Waals surface area contributed by atoms with Gasteiger partial charge in [-0.1, -0.05) is 84.9 Å². The molecule has 3 heterocycles. The summed E-state index contributed by atoms with van der Waals surface area (Å²) in [5, 5.41) is 18.4. The lowest BCUT2D eigenvalue weighted by Crippen LogP contribution is -2.57. The molecule has 3 fully saturated rings. The van der Waals surface area contributed by atoms with Gasteiger partial charge in [0.1, 0.15) is 5.54 Å². The highest BCUT2D eigenvalue weighted by Crippen LogP contribution is 2.40. The van der Waals surface area contributed by atoms with E-state index in [-0.39, 0.29) is 30.8 Å². The first-order chi connectivity index (χ1) is 24.9. The Bertz CT molecular complexity index is 1780. The van der Waals surface area contributed by atoms with E-state index in [4.69, 9.17) is 9.47 Å². The van der Waals surface area contributed by atoms with Gasteiger partial charge in [-0.2, -0.15) is 0 Å². The van der Waals surface area contributed by atoms with Crippen LogP contribution in [0.3, 0.4) is 0 Å². The Morgan fingerprint density at radius 1 is 0.863 bits per heavy atom. The molecule has 0 bridgehead atoms. The number of anilines is 1. The molecule has 3 atom stereocenters. The Labute approximate surface area is 299 Å². The zero-order chi connectivity index (χ0) is 35.2. The minimum Gasteiger partial charge on any atom is -0.392 e. The zero-order valence-corrected chi connectivity index (χ0v) is 29.1. The van der Waals surface area contributed by atoms with E-state index in [1.54, 1.807) is 0 Å². The number of benzene rings is 4. The van der Waals surface area contributed by atoms with Crippen LogP contribution in [0.1, 0.15) is 60.8 Å². The van der Waals surface area contributed by atoms with E-state index in [9.17, 15) is 14.7 Å². The van der Waals surface area contributed by atoms with Crippen molar-refractivity contribution in [2.24, 2.45) is 0 Å². The van der Waals surface area contributed by atoms with E-state index >= 15 is 0 Å². The van der Waals surface area contributed by atoms with Crippen LogP contribution in [-0.4, -0.2) is 66.4 Å². The van der Waals surface area contributed by atoms with Crippen molar-refractivity contribution in [3.63, 3.8) is 0 Å². The van der Waals surface area contributed by atoms with E-state index < -0.39 is 11.8 Å². The van der Waals surface area contributed by atoms with Crippen LogP contribution in [0.2, 0.25) is 0 Å². The fraction of sp³-hybridized carbons (Fsp3) is 0.366. The number of amides is 3. The van der Waals surface area contributed by atoms with Crippen LogP contribution in [-0.2, 0) is 27.4 Å². The molecule has 0 radical (unpaired) electrons.